The van der Waals surface area contributed by atoms with Gasteiger partial charge in [-0.05, 0) is 24.3 Å². The topological polar surface area (TPSA) is 189 Å². The normalized spacial score (nSPS) is 13.4. The van der Waals surface area contributed by atoms with Gasteiger partial charge < -0.3 is 19.0 Å². The Bertz CT molecular complexity index is 1020. The van der Waals surface area contributed by atoms with Gasteiger partial charge in [-0.25, -0.2) is 17.9 Å². The van der Waals surface area contributed by atoms with Gasteiger partial charge in [-0.1, -0.05) is 0 Å². The van der Waals surface area contributed by atoms with Gasteiger partial charge in [0.2, 0.25) is 0 Å². The molecule has 0 saturated heterocycles. The van der Waals surface area contributed by atoms with Gasteiger partial charge in [-0.15, -0.1) is 0 Å². The number of alkyl halides is 2. The smallest absolute Gasteiger partial charge is 0.376 e. The van der Waals surface area contributed by atoms with Gasteiger partial charge in [-0.2, -0.15) is 0 Å². The highest BCUT2D eigenvalue weighted by Gasteiger charge is 2.19. The van der Waals surface area contributed by atoms with E-state index < -0.39 is 38.4 Å². The van der Waals surface area contributed by atoms with Crippen molar-refractivity contribution in [2.45, 2.75) is 0 Å². The van der Waals surface area contributed by atoms with Crippen molar-refractivity contribution in [3.05, 3.63) is 68.8 Å². The quantitative estimate of drug-likeness (QED) is 0.243. The van der Waals surface area contributed by atoms with E-state index in [9.17, 15) is 38.1 Å². The number of rotatable bonds is 10. The first kappa shape index (κ1) is 32.0. The molecule has 2 atom stereocenters. The van der Waals surface area contributed by atoms with E-state index in [0.29, 0.717) is 0 Å². The van der Waals surface area contributed by atoms with E-state index in [1.54, 1.807) is 0 Å². The Balaban J connectivity index is 0.000000581. The maximum absolute atomic E-state index is 11.8. The second-order valence-corrected chi connectivity index (χ2v) is 9.97. The molecule has 2 rings (SSSR count). The molecule has 0 amide bonds. The van der Waals surface area contributed by atoms with Crippen molar-refractivity contribution in [3.8, 4) is 11.5 Å². The van der Waals surface area contributed by atoms with Gasteiger partial charge in [0.25, 0.3) is 11.4 Å². The van der Waals surface area contributed by atoms with Crippen LogP contribution >= 0.6 is 15.2 Å². The number of nitrogens with zero attached hydrogens (tertiary/aromatic N) is 2. The van der Waals surface area contributed by atoms with Crippen LogP contribution in [0.5, 0.6) is 11.5 Å². The lowest BCUT2D eigenvalue weighted by atomic mass is 10.3. The Labute approximate surface area is 198 Å². The zero-order valence-corrected chi connectivity index (χ0v) is 20.3. The fourth-order valence-electron chi connectivity index (χ4n) is 1.87. The van der Waals surface area contributed by atoms with Crippen molar-refractivity contribution >= 4 is 26.6 Å². The Morgan fingerprint density at radius 3 is 1.49 bits per heavy atom. The second-order valence-electron chi connectivity index (χ2n) is 6.19. The summed E-state index contributed by atoms with van der Waals surface area (Å²) in [6, 6.07) is 9.96. The number of aliphatic hydroxyl groups excluding tert-OH is 1. The standard InChI is InChI=1S/C9H11FNO5P.C7H8NO5P.C2H5FO/c1-17(14,15-7-6-10)16-9-4-2-8(3-5-9)11(12)13;1-14(11,12)13-7-4-2-6(3-5-7)8(9)10;3-1-2-4/h2-5H,6-7H2,1H3;2-5H,1H3,(H,11,12);4H,1-2H2. The third kappa shape index (κ3) is 15.5. The average Bonchev–Trinajstić information content (AvgIpc) is 2.78. The summed E-state index contributed by atoms with van der Waals surface area (Å²) >= 11 is 0. The van der Waals surface area contributed by atoms with Crippen molar-refractivity contribution in [1.29, 1.82) is 0 Å². The first-order chi connectivity index (χ1) is 16.2. The summed E-state index contributed by atoms with van der Waals surface area (Å²) < 4.78 is 59.0. The molecule has 17 heteroatoms. The SMILES string of the molecule is CP(=O)(O)Oc1ccc([N+](=O)[O-])cc1.CP(=O)(OCCF)Oc1ccc([N+](=O)[O-])cc1.OCCF. The lowest BCUT2D eigenvalue weighted by Crippen LogP contribution is -1.99. The van der Waals surface area contributed by atoms with Crippen molar-refractivity contribution in [3.63, 3.8) is 0 Å². The molecule has 0 aliphatic rings. The third-order valence-electron chi connectivity index (χ3n) is 3.13. The minimum Gasteiger partial charge on any atom is -0.425 e. The van der Waals surface area contributed by atoms with Crippen molar-refractivity contribution in [1.82, 2.24) is 0 Å². The Morgan fingerprint density at radius 2 is 1.20 bits per heavy atom. The van der Waals surface area contributed by atoms with Gasteiger partial charge in [0.05, 0.1) is 23.1 Å². The number of nitro benzene ring substituents is 2. The highest BCUT2D eigenvalue weighted by atomic mass is 31.2. The molecule has 0 heterocycles. The maximum Gasteiger partial charge on any atom is 0.376 e. The molecule has 2 aromatic rings. The summed E-state index contributed by atoms with van der Waals surface area (Å²) in [6.07, 6.45) is 0. The number of non-ortho nitro benzene ring substituents is 2. The van der Waals surface area contributed by atoms with Crippen LogP contribution in [0, 0.1) is 20.2 Å². The number of halogens is 2. The van der Waals surface area contributed by atoms with Crippen LogP contribution in [-0.4, -0.2) is 59.7 Å². The van der Waals surface area contributed by atoms with E-state index in [1.807, 2.05) is 0 Å². The molecule has 0 fully saturated rings. The van der Waals surface area contributed by atoms with Crippen molar-refractivity contribution in [2.75, 3.05) is 39.9 Å². The van der Waals surface area contributed by atoms with Crippen LogP contribution in [0.3, 0.4) is 0 Å². The lowest BCUT2D eigenvalue weighted by Gasteiger charge is -2.14. The molecule has 13 nitrogen and oxygen atoms in total. The molecular formula is C18H24F2N2O11P2. The molecule has 35 heavy (non-hydrogen) atoms. The molecular weight excluding hydrogens is 520 g/mol. The molecule has 0 aliphatic carbocycles. The van der Waals surface area contributed by atoms with Crippen LogP contribution in [0.4, 0.5) is 20.2 Å². The summed E-state index contributed by atoms with van der Waals surface area (Å²) in [5.41, 5.74) is -0.200. The van der Waals surface area contributed by atoms with Crippen LogP contribution in [0.2, 0.25) is 0 Å². The van der Waals surface area contributed by atoms with Gasteiger partial charge in [0.1, 0.15) is 24.8 Å². The summed E-state index contributed by atoms with van der Waals surface area (Å²) in [6.45, 7) is 0.181. The first-order valence-corrected chi connectivity index (χ1v) is 13.4. The fourth-order valence-corrected chi connectivity index (χ4v) is 3.34. The molecule has 0 radical (unpaired) electrons. The van der Waals surface area contributed by atoms with E-state index in [4.69, 9.17) is 14.5 Å². The van der Waals surface area contributed by atoms with Crippen molar-refractivity contribution in [2.24, 2.45) is 0 Å². The lowest BCUT2D eigenvalue weighted by molar-refractivity contribution is -0.385. The van der Waals surface area contributed by atoms with Crippen molar-refractivity contribution < 1.29 is 51.3 Å². The highest BCUT2D eigenvalue weighted by Crippen LogP contribution is 2.44. The Kier molecular flexibility index (Phi) is 14.5. The number of nitro groups is 2. The van der Waals surface area contributed by atoms with Gasteiger partial charge in [-0.3, -0.25) is 24.8 Å². The van der Waals surface area contributed by atoms with E-state index in [2.05, 4.69) is 9.05 Å². The maximum atomic E-state index is 11.8. The fraction of sp³-hybridized carbons (Fsp3) is 0.333. The number of benzene rings is 2. The van der Waals surface area contributed by atoms with Crippen LogP contribution in [-0.2, 0) is 13.7 Å². The molecule has 2 unspecified atom stereocenters. The zero-order valence-electron chi connectivity index (χ0n) is 18.6. The van der Waals surface area contributed by atoms with Gasteiger partial charge >= 0.3 is 15.2 Å². The van der Waals surface area contributed by atoms with Gasteiger partial charge in [0, 0.05) is 37.6 Å². The second kappa shape index (κ2) is 15.8. The number of hydrogen-bond acceptors (Lipinski definition) is 10. The molecule has 0 saturated carbocycles. The van der Waals surface area contributed by atoms with Crippen LogP contribution in [0.25, 0.3) is 0 Å². The first-order valence-electron chi connectivity index (χ1n) is 9.38. The Hall–Kier alpha value is -2.96. The zero-order chi connectivity index (χ0) is 27.1. The Morgan fingerprint density at radius 1 is 0.829 bits per heavy atom. The molecule has 2 aromatic carbocycles. The summed E-state index contributed by atoms with van der Waals surface area (Å²) in [5, 5.41) is 28.1. The molecule has 0 bridgehead atoms. The molecule has 2 N–H and O–H groups in total. The third-order valence-corrected chi connectivity index (χ3v) is 4.87. The highest BCUT2D eigenvalue weighted by molar-refractivity contribution is 7.53. The minimum atomic E-state index is -3.60. The minimum absolute atomic E-state index is 0.0961. The molecule has 196 valence electrons. The van der Waals surface area contributed by atoms with E-state index in [1.165, 1.54) is 55.2 Å². The van der Waals surface area contributed by atoms with Crippen LogP contribution in [0.1, 0.15) is 0 Å². The van der Waals surface area contributed by atoms with Crippen LogP contribution < -0.4 is 9.05 Å². The summed E-state index contributed by atoms with van der Waals surface area (Å²) in [7, 11) is -6.98. The molecule has 0 spiro atoms. The van der Waals surface area contributed by atoms with Crippen LogP contribution in [0.15, 0.2) is 48.5 Å². The number of hydrogen-bond donors (Lipinski definition) is 2. The summed E-state index contributed by atoms with van der Waals surface area (Å²) in [4.78, 5) is 28.4. The molecule has 0 aromatic heterocycles. The van der Waals surface area contributed by atoms with Gasteiger partial charge in [0.15, 0.2) is 0 Å². The predicted molar refractivity (Wildman–Crippen MR) is 122 cm³/mol. The molecule has 0 aliphatic heterocycles. The summed E-state index contributed by atoms with van der Waals surface area (Å²) in [5.74, 6) is 0.296. The largest absolute Gasteiger partial charge is 0.425 e. The van der Waals surface area contributed by atoms with E-state index >= 15 is 0 Å². The number of aliphatic hydroxyl groups is 1. The van der Waals surface area contributed by atoms with E-state index in [0.717, 1.165) is 6.66 Å². The average molecular weight is 544 g/mol. The monoisotopic (exact) mass is 544 g/mol. The van der Waals surface area contributed by atoms with E-state index in [-0.39, 0.29) is 36.1 Å². The predicted octanol–water partition coefficient (Wildman–Crippen LogP) is 4.52.